The smallest absolute Gasteiger partial charge is 0.265 e. The molecule has 5 nitrogen and oxygen atoms in total. The highest BCUT2D eigenvalue weighted by Gasteiger charge is 2.27. The van der Waals surface area contributed by atoms with Crippen LogP contribution in [0.4, 0.5) is 17.1 Å². The van der Waals surface area contributed by atoms with E-state index in [2.05, 4.69) is 21.2 Å². The maximum atomic E-state index is 13.0. The van der Waals surface area contributed by atoms with Crippen molar-refractivity contribution in [1.82, 2.24) is 0 Å². The first-order valence-electron chi connectivity index (χ1n) is 8.07. The van der Waals surface area contributed by atoms with Gasteiger partial charge in [-0.2, -0.15) is 0 Å². The maximum absolute atomic E-state index is 13.0. The molecule has 6 heteroatoms. The zero-order valence-electron chi connectivity index (χ0n) is 14.5. The Bertz CT molecular complexity index is 831. The van der Waals surface area contributed by atoms with Crippen molar-refractivity contribution < 1.29 is 9.59 Å². The van der Waals surface area contributed by atoms with Gasteiger partial charge in [-0.25, -0.2) is 4.90 Å². The van der Waals surface area contributed by atoms with Crippen molar-refractivity contribution in [3.8, 4) is 0 Å². The molecule has 1 aliphatic heterocycles. The molecule has 1 N–H and O–H groups in total. The van der Waals surface area contributed by atoms with Gasteiger partial charge in [0.05, 0.1) is 11.4 Å². The van der Waals surface area contributed by atoms with Gasteiger partial charge in [0.25, 0.3) is 5.91 Å². The molecule has 0 bridgehead atoms. The molecule has 2 amide bonds. The lowest BCUT2D eigenvalue weighted by atomic mass is 10.1. The fourth-order valence-corrected chi connectivity index (χ4v) is 3.49. The lowest BCUT2D eigenvalue weighted by molar-refractivity contribution is -0.115. The van der Waals surface area contributed by atoms with Crippen molar-refractivity contribution >= 4 is 44.8 Å². The van der Waals surface area contributed by atoms with Gasteiger partial charge in [-0.15, -0.1) is 0 Å². The van der Waals surface area contributed by atoms with E-state index in [4.69, 9.17) is 0 Å². The average molecular weight is 402 g/mol. The SMILES string of the molecule is CC(=O)N(C(=O)c1ccc(N(C)C)cc1)c1cc(Br)cc2c1NCC2. The molecule has 0 radical (unpaired) electrons. The van der Waals surface area contributed by atoms with Crippen LogP contribution in [0.2, 0.25) is 0 Å². The van der Waals surface area contributed by atoms with Gasteiger partial charge in [0, 0.05) is 43.3 Å². The molecule has 2 aromatic carbocycles. The van der Waals surface area contributed by atoms with Gasteiger partial charge in [0.15, 0.2) is 0 Å². The van der Waals surface area contributed by atoms with Crippen LogP contribution >= 0.6 is 15.9 Å². The quantitative estimate of drug-likeness (QED) is 0.851. The van der Waals surface area contributed by atoms with Crippen LogP contribution in [0.15, 0.2) is 40.9 Å². The van der Waals surface area contributed by atoms with Gasteiger partial charge in [0.1, 0.15) is 0 Å². The molecule has 1 aliphatic rings. The molecule has 0 saturated carbocycles. The van der Waals surface area contributed by atoms with Crippen molar-refractivity contribution in [2.75, 3.05) is 35.8 Å². The van der Waals surface area contributed by atoms with Crippen LogP contribution in [-0.2, 0) is 11.2 Å². The van der Waals surface area contributed by atoms with E-state index in [9.17, 15) is 9.59 Å². The molecule has 3 rings (SSSR count). The first-order chi connectivity index (χ1) is 11.9. The number of anilines is 3. The van der Waals surface area contributed by atoms with E-state index in [1.165, 1.54) is 11.8 Å². The van der Waals surface area contributed by atoms with Crippen molar-refractivity contribution in [3.05, 3.63) is 52.0 Å². The van der Waals surface area contributed by atoms with Crippen LogP contribution in [-0.4, -0.2) is 32.5 Å². The summed E-state index contributed by atoms with van der Waals surface area (Å²) < 4.78 is 0.854. The monoisotopic (exact) mass is 401 g/mol. The summed E-state index contributed by atoms with van der Waals surface area (Å²) >= 11 is 3.48. The number of benzene rings is 2. The summed E-state index contributed by atoms with van der Waals surface area (Å²) in [5.41, 5.74) is 4.03. The number of carbonyl (C=O) groups is 2. The minimum absolute atomic E-state index is 0.310. The number of rotatable bonds is 3. The van der Waals surface area contributed by atoms with Gasteiger partial charge >= 0.3 is 0 Å². The lowest BCUT2D eigenvalue weighted by Gasteiger charge is -2.23. The van der Waals surface area contributed by atoms with Gasteiger partial charge in [-0.3, -0.25) is 9.59 Å². The van der Waals surface area contributed by atoms with Gasteiger partial charge in [-0.1, -0.05) is 15.9 Å². The van der Waals surface area contributed by atoms with E-state index >= 15 is 0 Å². The predicted octanol–water partition coefficient (Wildman–Crippen LogP) is 3.68. The Morgan fingerprint density at radius 3 is 2.40 bits per heavy atom. The molecule has 1 heterocycles. The fraction of sp³-hybridized carbons (Fsp3) is 0.263. The summed E-state index contributed by atoms with van der Waals surface area (Å²) in [5.74, 6) is -0.637. The number of imide groups is 1. The van der Waals surface area contributed by atoms with Crippen LogP contribution in [0.25, 0.3) is 0 Å². The highest BCUT2D eigenvalue weighted by Crippen LogP contribution is 2.37. The van der Waals surface area contributed by atoms with Crippen LogP contribution in [0.3, 0.4) is 0 Å². The predicted molar refractivity (Wildman–Crippen MR) is 105 cm³/mol. The Labute approximate surface area is 155 Å². The van der Waals surface area contributed by atoms with Crippen LogP contribution < -0.4 is 15.1 Å². The minimum atomic E-state index is -0.327. The largest absolute Gasteiger partial charge is 0.383 e. The number of amides is 2. The number of halogens is 1. The van der Waals surface area contributed by atoms with E-state index in [0.29, 0.717) is 11.3 Å². The van der Waals surface area contributed by atoms with Gasteiger partial charge in [-0.05, 0) is 48.4 Å². The second kappa shape index (κ2) is 6.88. The Hall–Kier alpha value is -2.34. The maximum Gasteiger partial charge on any atom is 0.265 e. The van der Waals surface area contributed by atoms with Gasteiger partial charge in [0.2, 0.25) is 5.91 Å². The number of nitrogens with zero attached hydrogens (tertiary/aromatic N) is 2. The van der Waals surface area contributed by atoms with Crippen LogP contribution in [0, 0.1) is 0 Å². The van der Waals surface area contributed by atoms with Gasteiger partial charge < -0.3 is 10.2 Å². The second-order valence-electron chi connectivity index (χ2n) is 6.24. The molecule has 0 aliphatic carbocycles. The normalized spacial score (nSPS) is 12.3. The third kappa shape index (κ3) is 3.39. The van der Waals surface area contributed by atoms with E-state index in [1.54, 1.807) is 12.1 Å². The number of nitrogens with one attached hydrogen (secondary N) is 1. The van der Waals surface area contributed by atoms with Crippen molar-refractivity contribution in [1.29, 1.82) is 0 Å². The number of hydrogen-bond donors (Lipinski definition) is 1. The molecule has 25 heavy (non-hydrogen) atoms. The van der Waals surface area contributed by atoms with E-state index in [1.807, 2.05) is 43.3 Å². The second-order valence-corrected chi connectivity index (χ2v) is 7.15. The van der Waals surface area contributed by atoms with Crippen molar-refractivity contribution in [2.45, 2.75) is 13.3 Å². The van der Waals surface area contributed by atoms with Crippen LogP contribution in [0.5, 0.6) is 0 Å². The summed E-state index contributed by atoms with van der Waals surface area (Å²) in [6, 6.07) is 11.1. The Kier molecular flexibility index (Phi) is 4.81. The topological polar surface area (TPSA) is 52.7 Å². The number of hydrogen-bond acceptors (Lipinski definition) is 4. The molecule has 0 aromatic heterocycles. The standard InChI is InChI=1S/C19H20BrN3O2/c1-12(24)23(17-11-15(20)10-14-8-9-21-18(14)17)19(25)13-4-6-16(7-5-13)22(2)3/h4-7,10-11,21H,8-9H2,1-3H3. The molecule has 130 valence electrons. The summed E-state index contributed by atoms with van der Waals surface area (Å²) in [7, 11) is 3.88. The molecule has 0 fully saturated rings. The van der Waals surface area contributed by atoms with Crippen molar-refractivity contribution in [3.63, 3.8) is 0 Å². The minimum Gasteiger partial charge on any atom is -0.383 e. The zero-order valence-corrected chi connectivity index (χ0v) is 16.1. The summed E-state index contributed by atoms with van der Waals surface area (Å²) in [4.78, 5) is 28.5. The third-order valence-electron chi connectivity index (χ3n) is 4.25. The highest BCUT2D eigenvalue weighted by atomic mass is 79.9. The highest BCUT2D eigenvalue weighted by molar-refractivity contribution is 9.10. The number of carbonyl (C=O) groups excluding carboxylic acids is 2. The molecule has 0 atom stereocenters. The average Bonchev–Trinajstić information content (AvgIpc) is 3.02. The van der Waals surface area contributed by atoms with E-state index in [0.717, 1.165) is 34.4 Å². The third-order valence-corrected chi connectivity index (χ3v) is 4.71. The first kappa shape index (κ1) is 17.5. The van der Waals surface area contributed by atoms with Crippen molar-refractivity contribution in [2.24, 2.45) is 0 Å². The van der Waals surface area contributed by atoms with Crippen LogP contribution in [0.1, 0.15) is 22.8 Å². The lowest BCUT2D eigenvalue weighted by Crippen LogP contribution is -2.35. The Balaban J connectivity index is 2.02. The Morgan fingerprint density at radius 1 is 1.12 bits per heavy atom. The Morgan fingerprint density at radius 2 is 1.80 bits per heavy atom. The zero-order chi connectivity index (χ0) is 18.1. The fourth-order valence-electron chi connectivity index (χ4n) is 3.00. The summed E-state index contributed by atoms with van der Waals surface area (Å²) in [5, 5.41) is 3.29. The number of fused-ring (bicyclic) bond motifs is 1. The van der Waals surface area contributed by atoms with E-state index in [-0.39, 0.29) is 11.8 Å². The molecule has 0 unspecified atom stereocenters. The molecule has 2 aromatic rings. The molecular formula is C19H20BrN3O2. The molecule has 0 saturated heterocycles. The van der Waals surface area contributed by atoms with E-state index < -0.39 is 0 Å². The summed E-state index contributed by atoms with van der Waals surface area (Å²) in [6.45, 7) is 2.21. The summed E-state index contributed by atoms with van der Waals surface area (Å²) in [6.07, 6.45) is 0.874. The molecular weight excluding hydrogens is 382 g/mol. The first-order valence-corrected chi connectivity index (χ1v) is 8.86. The molecule has 0 spiro atoms.